The number of pyridine rings is 1. The van der Waals surface area contributed by atoms with Gasteiger partial charge in [-0.25, -0.2) is 4.79 Å². The fourth-order valence-corrected chi connectivity index (χ4v) is 2.23. The largest absolute Gasteiger partial charge is 0.444 e. The molecule has 20 heavy (non-hydrogen) atoms. The Kier molecular flexibility index (Phi) is 4.38. The summed E-state index contributed by atoms with van der Waals surface area (Å²) in [4.78, 5) is 17.7. The van der Waals surface area contributed by atoms with Crippen LogP contribution in [-0.4, -0.2) is 40.7 Å². The van der Waals surface area contributed by atoms with E-state index in [9.17, 15) is 4.79 Å². The molecule has 1 saturated heterocycles. The van der Waals surface area contributed by atoms with Crippen molar-refractivity contribution in [2.45, 2.75) is 38.8 Å². The number of hydrogen-bond donors (Lipinski definition) is 1. The van der Waals surface area contributed by atoms with Crippen molar-refractivity contribution in [2.24, 2.45) is 0 Å². The highest BCUT2D eigenvalue weighted by molar-refractivity contribution is 6.33. The molecule has 110 valence electrons. The minimum Gasteiger partial charge on any atom is -0.444 e. The van der Waals surface area contributed by atoms with E-state index in [0.717, 1.165) is 12.1 Å². The molecule has 1 aromatic rings. The number of nitrogens with zero attached hydrogens (tertiary/aromatic N) is 2. The first-order valence-corrected chi connectivity index (χ1v) is 7.07. The highest BCUT2D eigenvalue weighted by Gasteiger charge is 2.29. The number of likely N-dealkylation sites (tertiary alicyclic amines) is 1. The maximum Gasteiger partial charge on any atom is 0.410 e. The van der Waals surface area contributed by atoms with Crippen molar-refractivity contribution in [3.63, 3.8) is 0 Å². The average Bonchev–Trinajstić information content (AvgIpc) is 2.79. The minimum absolute atomic E-state index is 0.171. The van der Waals surface area contributed by atoms with Gasteiger partial charge in [0.25, 0.3) is 0 Å². The minimum atomic E-state index is -0.463. The van der Waals surface area contributed by atoms with E-state index in [1.807, 2.05) is 20.8 Å². The molecule has 1 N–H and O–H groups in total. The highest BCUT2D eigenvalue weighted by atomic mass is 35.5. The molecule has 1 fully saturated rings. The van der Waals surface area contributed by atoms with Crippen molar-refractivity contribution in [2.75, 3.05) is 18.4 Å². The number of hydrogen-bond acceptors (Lipinski definition) is 4. The number of anilines is 1. The number of carbonyl (C=O) groups excluding carboxylic acids is 1. The Morgan fingerprint density at radius 1 is 1.55 bits per heavy atom. The third kappa shape index (κ3) is 4.00. The van der Waals surface area contributed by atoms with Crippen LogP contribution < -0.4 is 5.32 Å². The molecule has 1 aromatic heterocycles. The van der Waals surface area contributed by atoms with Crippen LogP contribution >= 0.6 is 11.6 Å². The van der Waals surface area contributed by atoms with Crippen LogP contribution in [0.5, 0.6) is 0 Å². The molecular weight excluding hydrogens is 278 g/mol. The first-order chi connectivity index (χ1) is 9.35. The third-order valence-electron chi connectivity index (χ3n) is 2.97. The Morgan fingerprint density at radius 2 is 2.30 bits per heavy atom. The predicted octanol–water partition coefficient (Wildman–Crippen LogP) is 3.16. The number of carbonyl (C=O) groups is 1. The molecule has 0 radical (unpaired) electrons. The van der Waals surface area contributed by atoms with E-state index in [1.165, 1.54) is 0 Å². The van der Waals surface area contributed by atoms with Crippen LogP contribution in [0.3, 0.4) is 0 Å². The number of rotatable bonds is 2. The van der Waals surface area contributed by atoms with Crippen LogP contribution in [0.4, 0.5) is 10.5 Å². The van der Waals surface area contributed by atoms with Gasteiger partial charge in [0.05, 0.1) is 16.9 Å². The predicted molar refractivity (Wildman–Crippen MR) is 79.1 cm³/mol. The molecule has 0 aliphatic carbocycles. The molecular formula is C14H20ClN3O2. The maximum atomic E-state index is 12.0. The summed E-state index contributed by atoms with van der Waals surface area (Å²) in [5.41, 5.74) is 0.333. The fraction of sp³-hybridized carbons (Fsp3) is 0.571. The van der Waals surface area contributed by atoms with E-state index in [1.54, 1.807) is 23.4 Å². The lowest BCUT2D eigenvalue weighted by atomic mass is 10.2. The van der Waals surface area contributed by atoms with Gasteiger partial charge in [-0.2, -0.15) is 0 Å². The first kappa shape index (κ1) is 14.9. The highest BCUT2D eigenvalue weighted by Crippen LogP contribution is 2.23. The SMILES string of the molecule is CC(C)(C)OC(=O)N1CC[C@H](Nc2cnccc2Cl)C1. The molecule has 1 aliphatic rings. The Morgan fingerprint density at radius 3 is 2.95 bits per heavy atom. The van der Waals surface area contributed by atoms with Gasteiger partial charge < -0.3 is 15.0 Å². The lowest BCUT2D eigenvalue weighted by molar-refractivity contribution is 0.0293. The van der Waals surface area contributed by atoms with Crippen molar-refractivity contribution in [1.29, 1.82) is 0 Å². The smallest absolute Gasteiger partial charge is 0.410 e. The van der Waals surface area contributed by atoms with Crippen LogP contribution in [0, 0.1) is 0 Å². The molecule has 0 aromatic carbocycles. The summed E-state index contributed by atoms with van der Waals surface area (Å²) >= 11 is 6.08. The summed E-state index contributed by atoms with van der Waals surface area (Å²) < 4.78 is 5.36. The number of nitrogens with one attached hydrogen (secondary N) is 1. The molecule has 1 aliphatic heterocycles. The normalized spacial score (nSPS) is 19.0. The van der Waals surface area contributed by atoms with Gasteiger partial charge in [0.15, 0.2) is 0 Å². The van der Waals surface area contributed by atoms with Crippen LogP contribution in [0.15, 0.2) is 18.5 Å². The molecule has 0 unspecified atom stereocenters. The van der Waals surface area contributed by atoms with Crippen molar-refractivity contribution in [1.82, 2.24) is 9.88 Å². The second-order valence-corrected chi connectivity index (χ2v) is 6.32. The van der Waals surface area contributed by atoms with Crippen molar-refractivity contribution in [3.05, 3.63) is 23.5 Å². The van der Waals surface area contributed by atoms with Gasteiger partial charge in [-0.15, -0.1) is 0 Å². The molecule has 1 atom stereocenters. The Bertz CT molecular complexity index is 488. The zero-order valence-electron chi connectivity index (χ0n) is 12.0. The third-order valence-corrected chi connectivity index (χ3v) is 3.30. The van der Waals surface area contributed by atoms with E-state index in [2.05, 4.69) is 10.3 Å². The van der Waals surface area contributed by atoms with Gasteiger partial charge in [0.1, 0.15) is 5.60 Å². The lowest BCUT2D eigenvalue weighted by Crippen LogP contribution is -2.36. The summed E-state index contributed by atoms with van der Waals surface area (Å²) in [7, 11) is 0. The molecule has 0 saturated carbocycles. The molecule has 2 heterocycles. The van der Waals surface area contributed by atoms with E-state index >= 15 is 0 Å². The van der Waals surface area contributed by atoms with Crippen LogP contribution in [-0.2, 0) is 4.74 Å². The van der Waals surface area contributed by atoms with Gasteiger partial charge in [0.2, 0.25) is 0 Å². The molecule has 1 amide bonds. The van der Waals surface area contributed by atoms with Crippen LogP contribution in [0.1, 0.15) is 27.2 Å². The lowest BCUT2D eigenvalue weighted by Gasteiger charge is -2.24. The summed E-state index contributed by atoms with van der Waals surface area (Å²) in [5, 5.41) is 3.95. The second-order valence-electron chi connectivity index (χ2n) is 5.91. The van der Waals surface area contributed by atoms with Gasteiger partial charge in [-0.05, 0) is 33.3 Å². The fourth-order valence-electron chi connectivity index (χ4n) is 2.07. The first-order valence-electron chi connectivity index (χ1n) is 6.69. The average molecular weight is 298 g/mol. The summed E-state index contributed by atoms with van der Waals surface area (Å²) in [6, 6.07) is 1.91. The van der Waals surface area contributed by atoms with E-state index in [0.29, 0.717) is 18.1 Å². The van der Waals surface area contributed by atoms with Gasteiger partial charge >= 0.3 is 6.09 Å². The summed E-state index contributed by atoms with van der Waals surface area (Å²) in [6.07, 6.45) is 3.94. The van der Waals surface area contributed by atoms with E-state index in [4.69, 9.17) is 16.3 Å². The standard InChI is InChI=1S/C14H20ClN3O2/c1-14(2,3)20-13(19)18-7-5-10(9-18)17-12-8-16-6-4-11(12)15/h4,6,8,10,17H,5,7,9H2,1-3H3/t10-/m0/s1. The maximum absolute atomic E-state index is 12.0. The van der Waals surface area contributed by atoms with Gasteiger partial charge in [0, 0.05) is 25.3 Å². The number of halogens is 1. The topological polar surface area (TPSA) is 54.5 Å². The Balaban J connectivity index is 1.90. The van der Waals surface area contributed by atoms with Crippen molar-refractivity contribution >= 4 is 23.4 Å². The van der Waals surface area contributed by atoms with E-state index in [-0.39, 0.29) is 12.1 Å². The van der Waals surface area contributed by atoms with Gasteiger partial charge in [-0.3, -0.25) is 4.98 Å². The quantitative estimate of drug-likeness (QED) is 0.911. The number of ether oxygens (including phenoxy) is 1. The summed E-state index contributed by atoms with van der Waals surface area (Å²) in [5.74, 6) is 0. The van der Waals surface area contributed by atoms with Gasteiger partial charge in [-0.1, -0.05) is 11.6 Å². The van der Waals surface area contributed by atoms with Crippen molar-refractivity contribution < 1.29 is 9.53 Å². The molecule has 0 bridgehead atoms. The molecule has 5 nitrogen and oxygen atoms in total. The van der Waals surface area contributed by atoms with Crippen molar-refractivity contribution in [3.8, 4) is 0 Å². The number of aromatic nitrogens is 1. The zero-order valence-corrected chi connectivity index (χ0v) is 12.8. The monoisotopic (exact) mass is 297 g/mol. The second kappa shape index (κ2) is 5.87. The molecule has 0 spiro atoms. The van der Waals surface area contributed by atoms with E-state index < -0.39 is 5.60 Å². The summed E-state index contributed by atoms with van der Waals surface area (Å²) in [6.45, 7) is 6.90. The molecule has 6 heteroatoms. The Labute approximate surface area is 124 Å². The number of amides is 1. The molecule has 2 rings (SSSR count). The Hall–Kier alpha value is -1.49. The van der Waals surface area contributed by atoms with Crippen LogP contribution in [0.25, 0.3) is 0 Å². The zero-order chi connectivity index (χ0) is 14.8. The van der Waals surface area contributed by atoms with Crippen LogP contribution in [0.2, 0.25) is 5.02 Å².